The van der Waals surface area contributed by atoms with E-state index in [1.54, 1.807) is 6.07 Å². The number of hydrogen-bond acceptors (Lipinski definition) is 3. The van der Waals surface area contributed by atoms with E-state index >= 15 is 0 Å². The van der Waals surface area contributed by atoms with E-state index in [2.05, 4.69) is 0 Å². The first kappa shape index (κ1) is 13.6. The third-order valence-electron chi connectivity index (χ3n) is 3.77. The number of methoxy groups -OCH3 is 1. The monoisotopic (exact) mass is 262 g/mol. The number of ketones is 1. The Morgan fingerprint density at radius 1 is 1.26 bits per heavy atom. The van der Waals surface area contributed by atoms with Gasteiger partial charge in [-0.05, 0) is 38.3 Å². The van der Waals surface area contributed by atoms with E-state index in [-0.39, 0.29) is 17.6 Å². The number of carbonyl (C=O) groups is 2. The summed E-state index contributed by atoms with van der Waals surface area (Å²) in [5.41, 5.74) is 1.57. The fourth-order valence-electron chi connectivity index (χ4n) is 2.68. The van der Waals surface area contributed by atoms with Crippen molar-refractivity contribution in [2.45, 2.75) is 26.2 Å². The second-order valence-corrected chi connectivity index (χ2v) is 5.11. The number of aryl methyl sites for hydroxylation is 1. The summed E-state index contributed by atoms with van der Waals surface area (Å²) in [6.07, 6.45) is 1.66. The van der Waals surface area contributed by atoms with Crippen LogP contribution < -0.4 is 4.74 Å². The smallest absolute Gasteiger partial charge is 0.306 e. The van der Waals surface area contributed by atoms with Gasteiger partial charge in [0.15, 0.2) is 5.78 Å². The molecule has 1 aliphatic carbocycles. The van der Waals surface area contributed by atoms with Gasteiger partial charge in [-0.2, -0.15) is 0 Å². The second-order valence-electron chi connectivity index (χ2n) is 5.11. The zero-order valence-corrected chi connectivity index (χ0v) is 11.2. The average Bonchev–Trinajstić information content (AvgIpc) is 2.87. The molecule has 0 saturated heterocycles. The highest BCUT2D eigenvalue weighted by atomic mass is 16.5. The predicted molar refractivity (Wildman–Crippen MR) is 70.5 cm³/mol. The van der Waals surface area contributed by atoms with Crippen molar-refractivity contribution in [1.29, 1.82) is 0 Å². The van der Waals surface area contributed by atoms with Gasteiger partial charge in [-0.3, -0.25) is 9.59 Å². The van der Waals surface area contributed by atoms with Crippen LogP contribution in [0.4, 0.5) is 0 Å². The van der Waals surface area contributed by atoms with Crippen LogP contribution in [-0.4, -0.2) is 24.0 Å². The van der Waals surface area contributed by atoms with Crippen molar-refractivity contribution in [1.82, 2.24) is 0 Å². The fraction of sp³-hybridized carbons (Fsp3) is 0.467. The molecule has 19 heavy (non-hydrogen) atoms. The lowest BCUT2D eigenvalue weighted by molar-refractivity contribution is -0.141. The molecule has 4 nitrogen and oxygen atoms in total. The third kappa shape index (κ3) is 2.78. The minimum Gasteiger partial charge on any atom is -0.496 e. The molecule has 0 amide bonds. The van der Waals surface area contributed by atoms with Crippen LogP contribution in [0, 0.1) is 18.8 Å². The number of carboxylic acid groups (broad SMARTS) is 1. The van der Waals surface area contributed by atoms with Gasteiger partial charge in [0, 0.05) is 5.92 Å². The fourth-order valence-corrected chi connectivity index (χ4v) is 2.68. The number of benzene rings is 1. The Hall–Kier alpha value is -1.84. The molecule has 0 heterocycles. The summed E-state index contributed by atoms with van der Waals surface area (Å²) in [5, 5.41) is 8.99. The molecule has 0 radical (unpaired) electrons. The van der Waals surface area contributed by atoms with E-state index in [9.17, 15) is 9.59 Å². The molecule has 1 N–H and O–H groups in total. The maximum atomic E-state index is 12.5. The highest BCUT2D eigenvalue weighted by Crippen LogP contribution is 2.35. The third-order valence-corrected chi connectivity index (χ3v) is 3.77. The van der Waals surface area contributed by atoms with E-state index in [1.807, 2.05) is 19.1 Å². The van der Waals surface area contributed by atoms with Gasteiger partial charge in [-0.1, -0.05) is 11.6 Å². The van der Waals surface area contributed by atoms with Gasteiger partial charge in [0.1, 0.15) is 5.75 Å². The predicted octanol–water partition coefficient (Wildman–Crippen LogP) is 2.69. The van der Waals surface area contributed by atoms with E-state index in [0.717, 1.165) is 5.56 Å². The van der Waals surface area contributed by atoms with E-state index in [1.165, 1.54) is 7.11 Å². The summed E-state index contributed by atoms with van der Waals surface area (Å²) in [7, 11) is 1.54. The Morgan fingerprint density at radius 2 is 1.95 bits per heavy atom. The number of carbonyl (C=O) groups excluding carboxylic acids is 1. The molecule has 1 fully saturated rings. The molecule has 2 atom stereocenters. The lowest BCUT2D eigenvalue weighted by Gasteiger charge is -2.12. The van der Waals surface area contributed by atoms with E-state index < -0.39 is 5.97 Å². The first-order valence-corrected chi connectivity index (χ1v) is 6.44. The van der Waals surface area contributed by atoms with E-state index in [4.69, 9.17) is 9.84 Å². The SMILES string of the molecule is COc1ccc(C)cc1C(=O)C1CCC(C(=O)O)C1. The molecule has 102 valence electrons. The summed E-state index contributed by atoms with van der Waals surface area (Å²) in [6.45, 7) is 1.92. The summed E-state index contributed by atoms with van der Waals surface area (Å²) in [6, 6.07) is 5.49. The summed E-state index contributed by atoms with van der Waals surface area (Å²) in [5.74, 6) is -0.813. The number of aliphatic carboxylic acids is 1. The molecular weight excluding hydrogens is 244 g/mol. The highest BCUT2D eigenvalue weighted by Gasteiger charge is 2.35. The van der Waals surface area contributed by atoms with Gasteiger partial charge in [0.05, 0.1) is 18.6 Å². The molecule has 0 aromatic heterocycles. The summed E-state index contributed by atoms with van der Waals surface area (Å²) in [4.78, 5) is 23.4. The molecule has 4 heteroatoms. The molecule has 1 aromatic rings. The lowest BCUT2D eigenvalue weighted by Crippen LogP contribution is -2.15. The Bertz CT molecular complexity index is 507. The molecule has 2 rings (SSSR count). The second kappa shape index (κ2) is 5.43. The van der Waals surface area contributed by atoms with Crippen LogP contribution in [0.5, 0.6) is 5.75 Å². The van der Waals surface area contributed by atoms with Gasteiger partial charge < -0.3 is 9.84 Å². The molecule has 0 spiro atoms. The van der Waals surface area contributed by atoms with Crippen molar-refractivity contribution < 1.29 is 19.4 Å². The quantitative estimate of drug-likeness (QED) is 0.847. The van der Waals surface area contributed by atoms with Crippen molar-refractivity contribution >= 4 is 11.8 Å². The molecule has 0 bridgehead atoms. The van der Waals surface area contributed by atoms with Gasteiger partial charge in [0.25, 0.3) is 0 Å². The molecular formula is C15H18O4. The van der Waals surface area contributed by atoms with Crippen LogP contribution in [0.15, 0.2) is 18.2 Å². The lowest BCUT2D eigenvalue weighted by atomic mass is 9.93. The Kier molecular flexibility index (Phi) is 3.88. The van der Waals surface area contributed by atoms with Crippen LogP contribution in [0.2, 0.25) is 0 Å². The zero-order chi connectivity index (χ0) is 14.0. The standard InChI is InChI=1S/C15H18O4/c1-9-3-6-13(19-2)12(7-9)14(16)10-4-5-11(8-10)15(17)18/h3,6-7,10-11H,4-5,8H2,1-2H3,(H,17,18). The molecule has 2 unspecified atom stereocenters. The zero-order valence-electron chi connectivity index (χ0n) is 11.2. The van der Waals surface area contributed by atoms with Crippen LogP contribution in [-0.2, 0) is 4.79 Å². The number of Topliss-reactive ketones (excluding diaryl/α,β-unsaturated/α-hetero) is 1. The molecule has 0 aliphatic heterocycles. The largest absolute Gasteiger partial charge is 0.496 e. The molecule has 1 aromatic carbocycles. The van der Waals surface area contributed by atoms with Gasteiger partial charge in [-0.25, -0.2) is 0 Å². The first-order chi connectivity index (χ1) is 9.02. The highest BCUT2D eigenvalue weighted by molar-refractivity contribution is 6.01. The average molecular weight is 262 g/mol. The van der Waals surface area contributed by atoms with Crippen LogP contribution >= 0.6 is 0 Å². The van der Waals surface area contributed by atoms with Gasteiger partial charge in [0.2, 0.25) is 0 Å². The molecule has 1 aliphatic rings. The number of ether oxygens (including phenoxy) is 1. The minimum atomic E-state index is -0.800. The summed E-state index contributed by atoms with van der Waals surface area (Å²) < 4.78 is 5.22. The van der Waals surface area contributed by atoms with Crippen LogP contribution in [0.3, 0.4) is 0 Å². The Labute approximate surface area is 112 Å². The van der Waals surface area contributed by atoms with Crippen molar-refractivity contribution in [2.75, 3.05) is 7.11 Å². The van der Waals surface area contributed by atoms with Crippen molar-refractivity contribution in [3.05, 3.63) is 29.3 Å². The van der Waals surface area contributed by atoms with E-state index in [0.29, 0.717) is 30.6 Å². The maximum absolute atomic E-state index is 12.5. The summed E-state index contributed by atoms with van der Waals surface area (Å²) >= 11 is 0. The number of rotatable bonds is 4. The first-order valence-electron chi connectivity index (χ1n) is 6.44. The van der Waals surface area contributed by atoms with Crippen molar-refractivity contribution in [3.8, 4) is 5.75 Å². The number of hydrogen-bond donors (Lipinski definition) is 1. The Balaban J connectivity index is 2.21. The Morgan fingerprint density at radius 3 is 2.53 bits per heavy atom. The topological polar surface area (TPSA) is 63.6 Å². The number of carboxylic acids is 1. The molecule has 1 saturated carbocycles. The normalized spacial score (nSPS) is 22.2. The van der Waals surface area contributed by atoms with Gasteiger partial charge >= 0.3 is 5.97 Å². The van der Waals surface area contributed by atoms with Gasteiger partial charge in [-0.15, -0.1) is 0 Å². The van der Waals surface area contributed by atoms with Crippen molar-refractivity contribution in [2.24, 2.45) is 11.8 Å². The van der Waals surface area contributed by atoms with Crippen LogP contribution in [0.1, 0.15) is 35.2 Å². The maximum Gasteiger partial charge on any atom is 0.306 e. The van der Waals surface area contributed by atoms with Crippen molar-refractivity contribution in [3.63, 3.8) is 0 Å². The minimum absolute atomic E-state index is 0.00398. The van der Waals surface area contributed by atoms with Crippen LogP contribution in [0.25, 0.3) is 0 Å².